The van der Waals surface area contributed by atoms with E-state index in [4.69, 9.17) is 0 Å². The second-order valence-corrected chi connectivity index (χ2v) is 6.80. The molecule has 108 valence electrons. The number of amides is 1. The molecule has 20 heavy (non-hydrogen) atoms. The first-order chi connectivity index (χ1) is 9.65. The van der Waals surface area contributed by atoms with Gasteiger partial charge in [-0.1, -0.05) is 0 Å². The Bertz CT molecular complexity index is 508. The largest absolute Gasteiger partial charge is 0.338 e. The average Bonchev–Trinajstić information content (AvgIpc) is 2.46. The molecule has 0 aromatic carbocycles. The van der Waals surface area contributed by atoms with Gasteiger partial charge >= 0.3 is 0 Å². The van der Waals surface area contributed by atoms with E-state index in [1.54, 1.807) is 12.4 Å². The number of hydrogen-bond donors (Lipinski definition) is 0. The van der Waals surface area contributed by atoms with Gasteiger partial charge in [-0.25, -0.2) is 0 Å². The number of rotatable bonds is 1. The van der Waals surface area contributed by atoms with E-state index >= 15 is 0 Å². The van der Waals surface area contributed by atoms with Crippen molar-refractivity contribution in [2.75, 3.05) is 26.7 Å². The van der Waals surface area contributed by atoms with E-state index in [1.807, 2.05) is 11.0 Å². The summed E-state index contributed by atoms with van der Waals surface area (Å²) in [5, 5.41) is 0. The summed E-state index contributed by atoms with van der Waals surface area (Å²) >= 11 is 3.38. The molecule has 1 aromatic rings. The highest BCUT2D eigenvalue weighted by atomic mass is 79.9. The number of fused-ring (bicyclic) bond motifs is 1. The lowest BCUT2D eigenvalue weighted by atomic mass is 9.84. The minimum atomic E-state index is 0.116. The molecule has 3 heterocycles. The van der Waals surface area contributed by atoms with Crippen LogP contribution in [0, 0.1) is 5.92 Å². The van der Waals surface area contributed by atoms with Crippen molar-refractivity contribution in [3.05, 3.63) is 28.5 Å². The molecule has 2 unspecified atom stereocenters. The summed E-state index contributed by atoms with van der Waals surface area (Å²) in [4.78, 5) is 21.1. The van der Waals surface area contributed by atoms with Gasteiger partial charge in [0.2, 0.25) is 0 Å². The molecule has 2 aliphatic rings. The van der Waals surface area contributed by atoms with Crippen LogP contribution in [0.25, 0.3) is 0 Å². The summed E-state index contributed by atoms with van der Waals surface area (Å²) in [5.41, 5.74) is 0.682. The van der Waals surface area contributed by atoms with Crippen molar-refractivity contribution < 1.29 is 4.79 Å². The number of aromatic nitrogens is 1. The Morgan fingerprint density at radius 3 is 3.00 bits per heavy atom. The molecule has 5 heteroatoms. The molecule has 1 aromatic heterocycles. The van der Waals surface area contributed by atoms with Crippen LogP contribution in [0.4, 0.5) is 0 Å². The average molecular weight is 338 g/mol. The Labute approximate surface area is 128 Å². The van der Waals surface area contributed by atoms with Gasteiger partial charge < -0.3 is 9.80 Å². The Balaban J connectivity index is 1.71. The van der Waals surface area contributed by atoms with Crippen LogP contribution in [-0.2, 0) is 0 Å². The second-order valence-electron chi connectivity index (χ2n) is 5.88. The zero-order valence-electron chi connectivity index (χ0n) is 11.8. The molecule has 2 fully saturated rings. The van der Waals surface area contributed by atoms with E-state index in [2.05, 4.69) is 32.9 Å². The quantitative estimate of drug-likeness (QED) is 0.789. The molecule has 0 aliphatic carbocycles. The maximum Gasteiger partial charge on any atom is 0.255 e. The first-order valence-corrected chi connectivity index (χ1v) is 8.04. The van der Waals surface area contributed by atoms with Gasteiger partial charge in [-0.2, -0.15) is 0 Å². The van der Waals surface area contributed by atoms with Gasteiger partial charge in [0.1, 0.15) is 0 Å². The molecule has 0 radical (unpaired) electrons. The Morgan fingerprint density at radius 1 is 1.35 bits per heavy atom. The smallest absolute Gasteiger partial charge is 0.255 e. The van der Waals surface area contributed by atoms with Gasteiger partial charge in [0.25, 0.3) is 5.91 Å². The van der Waals surface area contributed by atoms with E-state index in [9.17, 15) is 4.79 Å². The van der Waals surface area contributed by atoms with E-state index in [0.717, 1.165) is 24.0 Å². The molecule has 1 amide bonds. The highest BCUT2D eigenvalue weighted by Crippen LogP contribution is 2.30. The zero-order chi connectivity index (χ0) is 14.1. The SMILES string of the molecule is CN1CCCC2CN(C(=O)c3cncc(Br)c3)CCC21. The van der Waals surface area contributed by atoms with Gasteiger partial charge in [-0.05, 0) is 60.8 Å². The van der Waals surface area contributed by atoms with Gasteiger partial charge in [-0.15, -0.1) is 0 Å². The number of nitrogens with zero attached hydrogens (tertiary/aromatic N) is 3. The van der Waals surface area contributed by atoms with Gasteiger partial charge in [-0.3, -0.25) is 9.78 Å². The van der Waals surface area contributed by atoms with Crippen molar-refractivity contribution in [2.45, 2.75) is 25.3 Å². The van der Waals surface area contributed by atoms with Gasteiger partial charge in [0.05, 0.1) is 5.56 Å². The molecule has 2 atom stereocenters. The molecule has 0 saturated carbocycles. The van der Waals surface area contributed by atoms with Crippen molar-refractivity contribution in [3.8, 4) is 0 Å². The summed E-state index contributed by atoms with van der Waals surface area (Å²) in [6, 6.07) is 2.52. The molecule has 4 nitrogen and oxygen atoms in total. The summed E-state index contributed by atoms with van der Waals surface area (Å²) in [6.45, 7) is 2.95. The normalized spacial score (nSPS) is 27.2. The van der Waals surface area contributed by atoms with Crippen LogP contribution in [0.2, 0.25) is 0 Å². The maximum atomic E-state index is 12.6. The maximum absolute atomic E-state index is 12.6. The predicted octanol–water partition coefficient (Wildman–Crippen LogP) is 2.40. The summed E-state index contributed by atoms with van der Waals surface area (Å²) in [5.74, 6) is 0.747. The highest BCUT2D eigenvalue weighted by Gasteiger charge is 2.35. The third-order valence-electron chi connectivity index (χ3n) is 4.58. The molecule has 2 aliphatic heterocycles. The fourth-order valence-corrected chi connectivity index (χ4v) is 3.91. The lowest BCUT2D eigenvalue weighted by molar-refractivity contribution is 0.0316. The number of likely N-dealkylation sites (tertiary alicyclic amines) is 2. The van der Waals surface area contributed by atoms with Crippen molar-refractivity contribution >= 4 is 21.8 Å². The van der Waals surface area contributed by atoms with Crippen molar-refractivity contribution in [1.82, 2.24) is 14.8 Å². The summed E-state index contributed by atoms with van der Waals surface area (Å²) in [6.07, 6.45) is 6.95. The molecule has 0 spiro atoms. The summed E-state index contributed by atoms with van der Waals surface area (Å²) in [7, 11) is 2.21. The third kappa shape index (κ3) is 2.74. The van der Waals surface area contributed by atoms with Gasteiger partial charge in [0, 0.05) is 36.0 Å². The van der Waals surface area contributed by atoms with Crippen molar-refractivity contribution in [1.29, 1.82) is 0 Å². The van der Waals surface area contributed by atoms with Crippen LogP contribution in [0.3, 0.4) is 0 Å². The molecule has 0 N–H and O–H groups in total. The second kappa shape index (κ2) is 5.82. The monoisotopic (exact) mass is 337 g/mol. The highest BCUT2D eigenvalue weighted by molar-refractivity contribution is 9.10. The number of halogens is 1. The zero-order valence-corrected chi connectivity index (χ0v) is 13.3. The lowest BCUT2D eigenvalue weighted by Crippen LogP contribution is -2.53. The van der Waals surface area contributed by atoms with E-state index in [1.165, 1.54) is 19.4 Å². The van der Waals surface area contributed by atoms with E-state index in [-0.39, 0.29) is 5.91 Å². The van der Waals surface area contributed by atoms with Crippen molar-refractivity contribution in [3.63, 3.8) is 0 Å². The number of pyridine rings is 1. The molecule has 3 rings (SSSR count). The standard InChI is InChI=1S/C15H20BrN3O/c1-18-5-2-3-11-10-19(6-4-14(11)18)15(20)12-7-13(16)9-17-8-12/h7-9,11,14H,2-6,10H2,1H3. The van der Waals surface area contributed by atoms with E-state index < -0.39 is 0 Å². The van der Waals surface area contributed by atoms with Crippen LogP contribution in [0.15, 0.2) is 22.9 Å². The molecule has 0 bridgehead atoms. The number of carbonyl (C=O) groups excluding carboxylic acids is 1. The van der Waals surface area contributed by atoms with E-state index in [0.29, 0.717) is 17.5 Å². The Hall–Kier alpha value is -0.940. The Kier molecular flexibility index (Phi) is 4.08. The predicted molar refractivity (Wildman–Crippen MR) is 81.6 cm³/mol. The Morgan fingerprint density at radius 2 is 2.20 bits per heavy atom. The number of hydrogen-bond acceptors (Lipinski definition) is 3. The fourth-order valence-electron chi connectivity index (χ4n) is 3.55. The molecular weight excluding hydrogens is 318 g/mol. The first-order valence-electron chi connectivity index (χ1n) is 7.25. The lowest BCUT2D eigenvalue weighted by Gasteiger charge is -2.45. The third-order valence-corrected chi connectivity index (χ3v) is 5.02. The van der Waals surface area contributed by atoms with Gasteiger partial charge in [0.15, 0.2) is 0 Å². The number of piperidine rings is 2. The minimum absolute atomic E-state index is 0.116. The fraction of sp³-hybridized carbons (Fsp3) is 0.600. The summed E-state index contributed by atoms with van der Waals surface area (Å²) < 4.78 is 0.857. The minimum Gasteiger partial charge on any atom is -0.338 e. The van der Waals surface area contributed by atoms with Crippen LogP contribution >= 0.6 is 15.9 Å². The van der Waals surface area contributed by atoms with Crippen LogP contribution in [-0.4, -0.2) is 53.4 Å². The topological polar surface area (TPSA) is 36.4 Å². The molecule has 2 saturated heterocycles. The van der Waals surface area contributed by atoms with Crippen molar-refractivity contribution in [2.24, 2.45) is 5.92 Å². The van der Waals surface area contributed by atoms with Crippen LogP contribution in [0.1, 0.15) is 29.6 Å². The number of carbonyl (C=O) groups is 1. The molecular formula is C15H20BrN3O. The van der Waals surface area contributed by atoms with Crippen LogP contribution < -0.4 is 0 Å². The first kappa shape index (κ1) is 14.0. The van der Waals surface area contributed by atoms with Crippen LogP contribution in [0.5, 0.6) is 0 Å².